The van der Waals surface area contributed by atoms with E-state index in [0.717, 1.165) is 32.6 Å². The van der Waals surface area contributed by atoms with E-state index in [1.165, 1.54) is 0 Å². The highest BCUT2D eigenvalue weighted by Crippen LogP contribution is 2.08. The minimum absolute atomic E-state index is 0.00224. The molecule has 0 bridgehead atoms. The third kappa shape index (κ3) is 4.37. The van der Waals surface area contributed by atoms with E-state index in [1.54, 1.807) is 0 Å². The number of carbonyl (C=O) groups is 1. The first-order valence-corrected chi connectivity index (χ1v) is 6.27. The molecule has 1 heterocycles. The van der Waals surface area contributed by atoms with Gasteiger partial charge in [0.2, 0.25) is 5.91 Å². The van der Waals surface area contributed by atoms with E-state index in [1.807, 2.05) is 6.92 Å². The fraction of sp³-hybridized carbons (Fsp3) is 0.692. The Morgan fingerprint density at radius 3 is 2.61 bits per heavy atom. The predicted octanol–water partition coefficient (Wildman–Crippen LogP) is -0.344. The Balaban J connectivity index is 2.29. The zero-order chi connectivity index (χ0) is 13.4. The lowest BCUT2D eigenvalue weighted by Gasteiger charge is -2.36. The molecule has 98 valence electrons. The van der Waals surface area contributed by atoms with E-state index in [9.17, 15) is 4.79 Å². The summed E-state index contributed by atoms with van der Waals surface area (Å²) in [7, 11) is 0. The minimum atomic E-state index is -0.0336. The van der Waals surface area contributed by atoms with Gasteiger partial charge >= 0.3 is 0 Å². The van der Waals surface area contributed by atoms with Gasteiger partial charge in [0.15, 0.2) is 0 Å². The Kier molecular flexibility index (Phi) is 6.21. The van der Waals surface area contributed by atoms with Gasteiger partial charge in [0.05, 0.1) is 25.2 Å². The molecule has 1 atom stereocenters. The number of amides is 1. The van der Waals surface area contributed by atoms with Gasteiger partial charge < -0.3 is 5.32 Å². The summed E-state index contributed by atoms with van der Waals surface area (Å²) in [6.07, 6.45) is 5.92. The van der Waals surface area contributed by atoms with Gasteiger partial charge in [-0.1, -0.05) is 12.8 Å². The topological polar surface area (TPSA) is 59.4 Å². The number of nitriles is 1. The molecule has 1 amide bonds. The number of hydrogen-bond acceptors (Lipinski definition) is 4. The molecular formula is C13H20N4O. The van der Waals surface area contributed by atoms with Gasteiger partial charge in [-0.2, -0.15) is 5.26 Å². The lowest BCUT2D eigenvalue weighted by Crippen LogP contribution is -2.52. The van der Waals surface area contributed by atoms with Crippen LogP contribution < -0.4 is 5.32 Å². The van der Waals surface area contributed by atoms with Crippen molar-refractivity contribution < 1.29 is 4.79 Å². The third-order valence-electron chi connectivity index (χ3n) is 3.14. The number of piperazine rings is 1. The summed E-state index contributed by atoms with van der Waals surface area (Å²) in [6, 6.07) is 2.31. The molecule has 1 saturated heterocycles. The van der Waals surface area contributed by atoms with Crippen LogP contribution in [0, 0.1) is 23.7 Å². The fourth-order valence-electron chi connectivity index (χ4n) is 2.07. The molecule has 0 aromatic rings. The van der Waals surface area contributed by atoms with Crippen molar-refractivity contribution in [2.45, 2.75) is 19.4 Å². The van der Waals surface area contributed by atoms with Crippen LogP contribution in [0.1, 0.15) is 13.3 Å². The van der Waals surface area contributed by atoms with Crippen molar-refractivity contribution in [3.8, 4) is 18.4 Å². The standard InChI is InChI=1S/C13H20N4O/c1-3-5-15-13(18)11-16-6-8-17(9-7-16)12(4-2)10-14/h1,12H,4-9,11H2,2H3,(H,15,18). The SMILES string of the molecule is C#CCNC(=O)CN1CCN(C(C#N)CC)CC1. The van der Waals surface area contributed by atoms with Gasteiger partial charge in [0.25, 0.3) is 0 Å². The molecule has 5 heteroatoms. The van der Waals surface area contributed by atoms with Crippen molar-refractivity contribution in [1.82, 2.24) is 15.1 Å². The van der Waals surface area contributed by atoms with Crippen molar-refractivity contribution in [3.63, 3.8) is 0 Å². The number of hydrogen-bond donors (Lipinski definition) is 1. The molecular weight excluding hydrogens is 228 g/mol. The van der Waals surface area contributed by atoms with Gasteiger partial charge in [0, 0.05) is 26.2 Å². The first-order valence-electron chi connectivity index (χ1n) is 6.27. The summed E-state index contributed by atoms with van der Waals surface area (Å²) in [5.41, 5.74) is 0. The second-order valence-corrected chi connectivity index (χ2v) is 4.35. The summed E-state index contributed by atoms with van der Waals surface area (Å²) in [6.45, 7) is 6.02. The number of terminal acetylenes is 1. The number of carbonyl (C=O) groups excluding carboxylic acids is 1. The highest BCUT2D eigenvalue weighted by Gasteiger charge is 2.23. The van der Waals surface area contributed by atoms with Crippen LogP contribution in [0.2, 0.25) is 0 Å². The molecule has 1 aliphatic heterocycles. The Morgan fingerprint density at radius 1 is 1.44 bits per heavy atom. The van der Waals surface area contributed by atoms with Gasteiger partial charge in [-0.15, -0.1) is 6.42 Å². The van der Waals surface area contributed by atoms with Gasteiger partial charge in [-0.25, -0.2) is 0 Å². The summed E-state index contributed by atoms with van der Waals surface area (Å²) in [5, 5.41) is 11.7. The lowest BCUT2D eigenvalue weighted by atomic mass is 10.2. The van der Waals surface area contributed by atoms with Crippen molar-refractivity contribution in [1.29, 1.82) is 5.26 Å². The van der Waals surface area contributed by atoms with Crippen LogP contribution in [0.3, 0.4) is 0 Å². The highest BCUT2D eigenvalue weighted by molar-refractivity contribution is 5.78. The molecule has 1 unspecified atom stereocenters. The quantitative estimate of drug-likeness (QED) is 0.676. The third-order valence-corrected chi connectivity index (χ3v) is 3.14. The average molecular weight is 248 g/mol. The van der Waals surface area contributed by atoms with Crippen LogP contribution in [0.5, 0.6) is 0 Å². The van der Waals surface area contributed by atoms with Crippen LogP contribution in [-0.4, -0.2) is 61.0 Å². The molecule has 1 fully saturated rings. The first-order chi connectivity index (χ1) is 8.71. The zero-order valence-electron chi connectivity index (χ0n) is 10.9. The van der Waals surface area contributed by atoms with E-state index in [4.69, 9.17) is 11.7 Å². The number of rotatable bonds is 5. The Bertz CT molecular complexity index is 347. The van der Waals surface area contributed by atoms with Crippen LogP contribution in [0.15, 0.2) is 0 Å². The Hall–Kier alpha value is -1.56. The zero-order valence-corrected chi connectivity index (χ0v) is 10.9. The normalized spacial score (nSPS) is 18.6. The van der Waals surface area contributed by atoms with Crippen LogP contribution in [0.4, 0.5) is 0 Å². The maximum atomic E-state index is 11.5. The van der Waals surface area contributed by atoms with Crippen LogP contribution >= 0.6 is 0 Å². The van der Waals surface area contributed by atoms with Gasteiger partial charge in [-0.3, -0.25) is 14.6 Å². The predicted molar refractivity (Wildman–Crippen MR) is 69.5 cm³/mol. The van der Waals surface area contributed by atoms with E-state index >= 15 is 0 Å². The van der Waals surface area contributed by atoms with Crippen molar-refractivity contribution in [2.24, 2.45) is 0 Å². The largest absolute Gasteiger partial charge is 0.344 e. The van der Waals surface area contributed by atoms with E-state index in [2.05, 4.69) is 27.1 Å². The molecule has 0 aromatic carbocycles. The van der Waals surface area contributed by atoms with E-state index in [0.29, 0.717) is 6.54 Å². The summed E-state index contributed by atoms with van der Waals surface area (Å²) < 4.78 is 0. The summed E-state index contributed by atoms with van der Waals surface area (Å²) in [5.74, 6) is 2.34. The summed E-state index contributed by atoms with van der Waals surface area (Å²) >= 11 is 0. The lowest BCUT2D eigenvalue weighted by molar-refractivity contribution is -0.122. The van der Waals surface area contributed by atoms with Gasteiger partial charge in [-0.05, 0) is 6.42 Å². The molecule has 0 aliphatic carbocycles. The number of nitrogens with zero attached hydrogens (tertiary/aromatic N) is 3. The second-order valence-electron chi connectivity index (χ2n) is 4.35. The van der Waals surface area contributed by atoms with Crippen LogP contribution in [0.25, 0.3) is 0 Å². The molecule has 1 aliphatic rings. The maximum Gasteiger partial charge on any atom is 0.234 e. The molecule has 18 heavy (non-hydrogen) atoms. The monoisotopic (exact) mass is 248 g/mol. The molecule has 1 rings (SSSR count). The first kappa shape index (κ1) is 14.5. The van der Waals surface area contributed by atoms with Crippen molar-refractivity contribution in [3.05, 3.63) is 0 Å². The fourth-order valence-corrected chi connectivity index (χ4v) is 2.07. The number of nitrogens with one attached hydrogen (secondary N) is 1. The molecule has 1 N–H and O–H groups in total. The highest BCUT2D eigenvalue weighted by atomic mass is 16.2. The van der Waals surface area contributed by atoms with E-state index < -0.39 is 0 Å². The van der Waals surface area contributed by atoms with Crippen LogP contribution in [-0.2, 0) is 4.79 Å². The molecule has 0 saturated carbocycles. The van der Waals surface area contributed by atoms with Crippen molar-refractivity contribution in [2.75, 3.05) is 39.3 Å². The average Bonchev–Trinajstić information content (AvgIpc) is 2.40. The molecule has 0 spiro atoms. The Labute approximate surface area is 109 Å². The summed E-state index contributed by atoms with van der Waals surface area (Å²) in [4.78, 5) is 15.7. The molecule has 0 aromatic heterocycles. The van der Waals surface area contributed by atoms with Crippen molar-refractivity contribution >= 4 is 5.91 Å². The molecule has 5 nitrogen and oxygen atoms in total. The smallest absolute Gasteiger partial charge is 0.234 e. The van der Waals surface area contributed by atoms with Gasteiger partial charge in [0.1, 0.15) is 0 Å². The van der Waals surface area contributed by atoms with E-state index in [-0.39, 0.29) is 18.5 Å². The minimum Gasteiger partial charge on any atom is -0.344 e. The maximum absolute atomic E-state index is 11.5. The second kappa shape index (κ2) is 7.71. The Morgan fingerprint density at radius 2 is 2.11 bits per heavy atom. The molecule has 0 radical (unpaired) electrons.